The van der Waals surface area contributed by atoms with E-state index in [0.717, 1.165) is 32.4 Å². The van der Waals surface area contributed by atoms with E-state index in [9.17, 15) is 13.2 Å². The highest BCUT2D eigenvalue weighted by atomic mass is 35.5. The van der Waals surface area contributed by atoms with E-state index in [-0.39, 0.29) is 24.1 Å². The first-order valence-electron chi connectivity index (χ1n) is 8.53. The minimum Gasteiger partial charge on any atom is -0.356 e. The summed E-state index contributed by atoms with van der Waals surface area (Å²) >= 11 is 0. The Balaban J connectivity index is 0.00000264. The summed E-state index contributed by atoms with van der Waals surface area (Å²) < 4.78 is 25.6. The average Bonchev–Trinajstić information content (AvgIpc) is 3.03. The minimum absolute atomic E-state index is 0. The zero-order valence-corrected chi connectivity index (χ0v) is 15.4. The van der Waals surface area contributed by atoms with Crippen LogP contribution in [0.15, 0.2) is 0 Å². The summed E-state index contributed by atoms with van der Waals surface area (Å²) in [4.78, 5) is 11.8. The topological polar surface area (TPSA) is 78.5 Å². The Morgan fingerprint density at radius 3 is 2.61 bits per heavy atom. The molecule has 136 valence electrons. The van der Waals surface area contributed by atoms with Crippen LogP contribution in [0.1, 0.15) is 44.9 Å². The van der Waals surface area contributed by atoms with Gasteiger partial charge in [0.25, 0.3) is 0 Å². The number of hydrogen-bond donors (Lipinski definition) is 2. The Kier molecular flexibility index (Phi) is 9.43. The monoisotopic (exact) mass is 367 g/mol. The van der Waals surface area contributed by atoms with Gasteiger partial charge in [-0.25, -0.2) is 12.7 Å². The van der Waals surface area contributed by atoms with Crippen LogP contribution in [0, 0.1) is 5.92 Å². The first-order chi connectivity index (χ1) is 10.6. The van der Waals surface area contributed by atoms with Crippen LogP contribution in [-0.4, -0.2) is 57.1 Å². The van der Waals surface area contributed by atoms with Gasteiger partial charge in [-0.15, -0.1) is 12.4 Å². The van der Waals surface area contributed by atoms with Crippen LogP contribution in [0.4, 0.5) is 0 Å². The second-order valence-corrected chi connectivity index (χ2v) is 8.47. The number of rotatable bonds is 8. The summed E-state index contributed by atoms with van der Waals surface area (Å²) in [7, 11) is -3.15. The fraction of sp³-hybridized carbons (Fsp3) is 0.933. The van der Waals surface area contributed by atoms with E-state index < -0.39 is 10.0 Å². The van der Waals surface area contributed by atoms with Crippen molar-refractivity contribution in [2.75, 3.05) is 38.5 Å². The summed E-state index contributed by atoms with van der Waals surface area (Å²) in [6.45, 7) is 4.14. The van der Waals surface area contributed by atoms with Gasteiger partial charge in [0, 0.05) is 26.1 Å². The molecular formula is C15H30ClN3O3S. The summed E-state index contributed by atoms with van der Waals surface area (Å²) in [5, 5.41) is 6.28. The zero-order chi connectivity index (χ0) is 15.8. The molecule has 23 heavy (non-hydrogen) atoms. The molecule has 2 N–H and O–H groups in total. The number of amides is 1. The van der Waals surface area contributed by atoms with Crippen LogP contribution >= 0.6 is 12.4 Å². The predicted octanol–water partition coefficient (Wildman–Crippen LogP) is 1.12. The Hall–Kier alpha value is -0.370. The SMILES string of the molecule is Cl.O=C(CCCS(=O)(=O)N1CCCC1)NCCC1CCCNC1. The van der Waals surface area contributed by atoms with Crippen molar-refractivity contribution in [3.8, 4) is 0 Å². The normalized spacial score (nSPS) is 22.5. The fourth-order valence-electron chi connectivity index (χ4n) is 3.18. The third kappa shape index (κ3) is 7.37. The molecule has 6 nitrogen and oxygen atoms in total. The Morgan fingerprint density at radius 1 is 1.22 bits per heavy atom. The van der Waals surface area contributed by atoms with Crippen LogP contribution < -0.4 is 10.6 Å². The zero-order valence-electron chi connectivity index (χ0n) is 13.8. The number of nitrogens with one attached hydrogen (secondary N) is 2. The van der Waals surface area contributed by atoms with E-state index >= 15 is 0 Å². The predicted molar refractivity (Wildman–Crippen MR) is 94.3 cm³/mol. The number of nitrogens with zero attached hydrogens (tertiary/aromatic N) is 1. The van der Waals surface area contributed by atoms with E-state index in [1.165, 1.54) is 12.8 Å². The van der Waals surface area contributed by atoms with Crippen LogP contribution in [0.3, 0.4) is 0 Å². The van der Waals surface area contributed by atoms with Gasteiger partial charge in [-0.2, -0.15) is 0 Å². The maximum atomic E-state index is 12.0. The molecule has 1 atom stereocenters. The Bertz CT molecular complexity index is 447. The number of hydrogen-bond acceptors (Lipinski definition) is 4. The lowest BCUT2D eigenvalue weighted by Crippen LogP contribution is -2.33. The number of piperidine rings is 1. The van der Waals surface area contributed by atoms with E-state index in [0.29, 0.717) is 38.4 Å². The van der Waals surface area contributed by atoms with Crippen molar-refractivity contribution in [3.05, 3.63) is 0 Å². The second-order valence-electron chi connectivity index (χ2n) is 6.38. The molecule has 0 aromatic heterocycles. The Morgan fingerprint density at radius 2 is 1.96 bits per heavy atom. The standard InChI is InChI=1S/C15H29N3O3S.ClH/c19-15(17-9-7-14-5-3-8-16-13-14)6-4-12-22(20,21)18-10-1-2-11-18;/h14,16H,1-13H2,(H,17,19);1H. The van der Waals surface area contributed by atoms with E-state index in [4.69, 9.17) is 0 Å². The van der Waals surface area contributed by atoms with Gasteiger partial charge in [-0.3, -0.25) is 4.79 Å². The average molecular weight is 368 g/mol. The highest BCUT2D eigenvalue weighted by Crippen LogP contribution is 2.14. The van der Waals surface area contributed by atoms with Crippen molar-refractivity contribution in [2.45, 2.75) is 44.9 Å². The summed E-state index contributed by atoms with van der Waals surface area (Å²) in [5.41, 5.74) is 0. The maximum Gasteiger partial charge on any atom is 0.220 e. The summed E-state index contributed by atoms with van der Waals surface area (Å²) in [6.07, 6.45) is 6.08. The quantitative estimate of drug-likeness (QED) is 0.673. The lowest BCUT2D eigenvalue weighted by molar-refractivity contribution is -0.121. The van der Waals surface area contributed by atoms with Gasteiger partial charge in [-0.1, -0.05) is 0 Å². The van der Waals surface area contributed by atoms with Crippen molar-refractivity contribution < 1.29 is 13.2 Å². The number of sulfonamides is 1. The third-order valence-electron chi connectivity index (χ3n) is 4.54. The third-order valence-corrected chi connectivity index (χ3v) is 6.49. The van der Waals surface area contributed by atoms with Gasteiger partial charge in [0.15, 0.2) is 0 Å². The maximum absolute atomic E-state index is 12.0. The fourth-order valence-corrected chi connectivity index (χ4v) is 4.77. The van der Waals surface area contributed by atoms with Crippen molar-refractivity contribution in [1.82, 2.24) is 14.9 Å². The van der Waals surface area contributed by atoms with E-state index in [1.54, 1.807) is 4.31 Å². The summed E-state index contributed by atoms with van der Waals surface area (Å²) in [5.74, 6) is 0.720. The Labute approximate surface area is 146 Å². The molecule has 0 aromatic carbocycles. The lowest BCUT2D eigenvalue weighted by atomic mass is 9.96. The van der Waals surface area contributed by atoms with Gasteiger partial charge in [0.2, 0.25) is 15.9 Å². The van der Waals surface area contributed by atoms with E-state index in [1.807, 2.05) is 0 Å². The van der Waals surface area contributed by atoms with Crippen molar-refractivity contribution in [2.24, 2.45) is 5.92 Å². The number of halogens is 1. The highest BCUT2D eigenvalue weighted by Gasteiger charge is 2.24. The molecule has 0 aromatic rings. The molecule has 0 bridgehead atoms. The molecule has 1 unspecified atom stereocenters. The molecule has 2 rings (SSSR count). The van der Waals surface area contributed by atoms with Crippen molar-refractivity contribution >= 4 is 28.3 Å². The molecule has 2 saturated heterocycles. The number of carbonyl (C=O) groups is 1. The van der Waals surface area contributed by atoms with Gasteiger partial charge >= 0.3 is 0 Å². The molecule has 0 radical (unpaired) electrons. The van der Waals surface area contributed by atoms with Gasteiger partial charge in [0.1, 0.15) is 0 Å². The largest absolute Gasteiger partial charge is 0.356 e. The highest BCUT2D eigenvalue weighted by molar-refractivity contribution is 7.89. The summed E-state index contributed by atoms with van der Waals surface area (Å²) in [6, 6.07) is 0. The van der Waals surface area contributed by atoms with Crippen LogP contribution in [0.25, 0.3) is 0 Å². The first kappa shape index (κ1) is 20.7. The van der Waals surface area contributed by atoms with Gasteiger partial charge < -0.3 is 10.6 Å². The molecule has 2 aliphatic heterocycles. The molecule has 2 fully saturated rings. The molecular weight excluding hydrogens is 338 g/mol. The van der Waals surface area contributed by atoms with Crippen LogP contribution in [-0.2, 0) is 14.8 Å². The molecule has 0 saturated carbocycles. The van der Waals surface area contributed by atoms with Crippen molar-refractivity contribution in [1.29, 1.82) is 0 Å². The lowest BCUT2D eigenvalue weighted by Gasteiger charge is -2.22. The number of carbonyl (C=O) groups excluding carboxylic acids is 1. The second kappa shape index (κ2) is 10.5. The van der Waals surface area contributed by atoms with E-state index in [2.05, 4.69) is 10.6 Å². The molecule has 8 heteroatoms. The molecule has 0 aliphatic carbocycles. The van der Waals surface area contributed by atoms with Crippen LogP contribution in [0.5, 0.6) is 0 Å². The first-order valence-corrected chi connectivity index (χ1v) is 10.1. The van der Waals surface area contributed by atoms with Crippen molar-refractivity contribution in [3.63, 3.8) is 0 Å². The molecule has 2 aliphatic rings. The van der Waals surface area contributed by atoms with Gasteiger partial charge in [0.05, 0.1) is 5.75 Å². The minimum atomic E-state index is -3.15. The molecule has 0 spiro atoms. The van der Waals surface area contributed by atoms with Gasteiger partial charge in [-0.05, 0) is 57.5 Å². The smallest absolute Gasteiger partial charge is 0.220 e. The van der Waals surface area contributed by atoms with Crippen LogP contribution in [0.2, 0.25) is 0 Å². The molecule has 1 amide bonds. The molecule has 2 heterocycles.